The van der Waals surface area contributed by atoms with E-state index >= 15 is 0 Å². The summed E-state index contributed by atoms with van der Waals surface area (Å²) in [5, 5.41) is 3.41. The minimum absolute atomic E-state index is 0. The first kappa shape index (κ1) is 23.9. The van der Waals surface area contributed by atoms with Crippen LogP contribution >= 0.6 is 12.4 Å². The molecule has 0 aromatic carbocycles. The Hall–Kier alpha value is -1.38. The maximum atomic E-state index is 12.9. The van der Waals surface area contributed by atoms with Gasteiger partial charge in [0.15, 0.2) is 0 Å². The maximum Gasteiger partial charge on any atom is 0.306 e. The number of halogens is 1. The molecule has 0 bridgehead atoms. The Balaban J connectivity index is 0.00000300. The van der Waals surface area contributed by atoms with E-state index in [9.17, 15) is 14.4 Å². The molecule has 3 saturated heterocycles. The van der Waals surface area contributed by atoms with Crippen LogP contribution in [0.25, 0.3) is 0 Å². The molecular formula is C20H35ClN4O4. The van der Waals surface area contributed by atoms with Gasteiger partial charge in [0.2, 0.25) is 11.8 Å². The molecule has 166 valence electrons. The van der Waals surface area contributed by atoms with Crippen molar-refractivity contribution in [2.24, 2.45) is 5.92 Å². The normalized spacial score (nSPS) is 22.1. The number of nitrogens with zero attached hydrogens (tertiary/aromatic N) is 3. The summed E-state index contributed by atoms with van der Waals surface area (Å²) in [5.74, 6) is -0.101. The van der Waals surface area contributed by atoms with E-state index in [1.807, 2.05) is 4.90 Å². The Bertz CT molecular complexity index is 555. The van der Waals surface area contributed by atoms with Gasteiger partial charge in [0.25, 0.3) is 0 Å². The smallest absolute Gasteiger partial charge is 0.306 e. The third-order valence-corrected chi connectivity index (χ3v) is 6.42. The lowest BCUT2D eigenvalue weighted by Gasteiger charge is -2.42. The number of carbonyl (C=O) groups excluding carboxylic acids is 3. The highest BCUT2D eigenvalue weighted by atomic mass is 35.5. The Morgan fingerprint density at radius 2 is 1.48 bits per heavy atom. The first-order valence-electron chi connectivity index (χ1n) is 10.7. The van der Waals surface area contributed by atoms with Gasteiger partial charge in [0.1, 0.15) is 0 Å². The molecule has 0 spiro atoms. The van der Waals surface area contributed by atoms with Gasteiger partial charge < -0.3 is 19.9 Å². The Kier molecular flexibility index (Phi) is 9.65. The molecule has 0 atom stereocenters. The summed E-state index contributed by atoms with van der Waals surface area (Å²) in [4.78, 5) is 42.6. The number of methoxy groups -OCH3 is 1. The second kappa shape index (κ2) is 11.7. The van der Waals surface area contributed by atoms with Crippen LogP contribution in [0.1, 0.15) is 38.5 Å². The predicted molar refractivity (Wildman–Crippen MR) is 112 cm³/mol. The molecule has 0 radical (unpaired) electrons. The lowest BCUT2D eigenvalue weighted by molar-refractivity contribution is -0.145. The van der Waals surface area contributed by atoms with Gasteiger partial charge in [0, 0.05) is 57.6 Å². The minimum Gasteiger partial charge on any atom is -0.469 e. The molecule has 0 saturated carbocycles. The minimum atomic E-state index is -0.359. The van der Waals surface area contributed by atoms with Gasteiger partial charge in [0.05, 0.1) is 13.5 Å². The first-order valence-corrected chi connectivity index (χ1v) is 10.7. The molecule has 3 aliphatic heterocycles. The fourth-order valence-corrected chi connectivity index (χ4v) is 4.58. The molecule has 8 nitrogen and oxygen atoms in total. The van der Waals surface area contributed by atoms with Crippen molar-refractivity contribution in [2.75, 3.05) is 59.5 Å². The van der Waals surface area contributed by atoms with E-state index in [-0.39, 0.29) is 49.0 Å². The van der Waals surface area contributed by atoms with E-state index in [0.29, 0.717) is 19.1 Å². The van der Waals surface area contributed by atoms with Gasteiger partial charge in [-0.25, -0.2) is 0 Å². The van der Waals surface area contributed by atoms with Crippen LogP contribution in [0.2, 0.25) is 0 Å². The molecule has 9 heteroatoms. The molecular weight excluding hydrogens is 396 g/mol. The van der Waals surface area contributed by atoms with E-state index in [1.165, 1.54) is 20.0 Å². The maximum absolute atomic E-state index is 12.9. The highest BCUT2D eigenvalue weighted by molar-refractivity contribution is 5.85. The number of hydrogen-bond acceptors (Lipinski definition) is 6. The number of esters is 1. The molecule has 3 aliphatic rings. The van der Waals surface area contributed by atoms with Crippen molar-refractivity contribution in [3.63, 3.8) is 0 Å². The number of nitrogens with one attached hydrogen (secondary N) is 1. The summed E-state index contributed by atoms with van der Waals surface area (Å²) < 4.78 is 4.58. The van der Waals surface area contributed by atoms with Crippen LogP contribution in [0, 0.1) is 5.92 Å². The number of hydrogen-bond donors (Lipinski definition) is 1. The molecule has 3 rings (SSSR count). The van der Waals surface area contributed by atoms with Crippen LogP contribution in [0.15, 0.2) is 0 Å². The van der Waals surface area contributed by atoms with Gasteiger partial charge in [-0.1, -0.05) is 0 Å². The van der Waals surface area contributed by atoms with E-state index < -0.39 is 0 Å². The second-order valence-corrected chi connectivity index (χ2v) is 8.07. The lowest BCUT2D eigenvalue weighted by atomic mass is 9.94. The quantitative estimate of drug-likeness (QED) is 0.639. The predicted octanol–water partition coefficient (Wildman–Crippen LogP) is 0.496. The molecule has 0 unspecified atom stereocenters. The van der Waals surface area contributed by atoms with Crippen molar-refractivity contribution < 1.29 is 19.1 Å². The fourth-order valence-electron chi connectivity index (χ4n) is 4.58. The van der Waals surface area contributed by atoms with Crippen LogP contribution in [-0.2, 0) is 19.1 Å². The Morgan fingerprint density at radius 1 is 0.862 bits per heavy atom. The average molecular weight is 431 g/mol. The zero-order chi connectivity index (χ0) is 19.9. The number of piperazine rings is 1. The number of rotatable bonds is 5. The molecule has 2 amide bonds. The molecule has 0 aromatic heterocycles. The van der Waals surface area contributed by atoms with Crippen LogP contribution < -0.4 is 5.32 Å². The van der Waals surface area contributed by atoms with Crippen molar-refractivity contribution in [2.45, 2.75) is 44.6 Å². The molecule has 0 aromatic rings. The van der Waals surface area contributed by atoms with Gasteiger partial charge in [-0.3, -0.25) is 19.3 Å². The van der Waals surface area contributed by atoms with Gasteiger partial charge >= 0.3 is 5.97 Å². The van der Waals surface area contributed by atoms with Gasteiger partial charge in [-0.2, -0.15) is 0 Å². The van der Waals surface area contributed by atoms with Crippen molar-refractivity contribution >= 4 is 30.2 Å². The molecule has 29 heavy (non-hydrogen) atoms. The number of carbonyl (C=O) groups is 3. The van der Waals surface area contributed by atoms with Crippen molar-refractivity contribution in [1.82, 2.24) is 20.0 Å². The highest BCUT2D eigenvalue weighted by Crippen LogP contribution is 2.22. The zero-order valence-corrected chi connectivity index (χ0v) is 18.3. The summed E-state index contributed by atoms with van der Waals surface area (Å²) in [7, 11) is 1.33. The Morgan fingerprint density at radius 3 is 2.07 bits per heavy atom. The van der Waals surface area contributed by atoms with Crippen LogP contribution in [0.4, 0.5) is 0 Å². The Labute approximate surface area is 179 Å². The third-order valence-electron chi connectivity index (χ3n) is 6.42. The number of piperidine rings is 2. The number of amides is 2. The van der Waals surface area contributed by atoms with Crippen LogP contribution in [-0.4, -0.2) is 98.0 Å². The van der Waals surface area contributed by atoms with Crippen molar-refractivity contribution in [1.29, 1.82) is 0 Å². The number of likely N-dealkylation sites (tertiary alicyclic amines) is 1. The first-order chi connectivity index (χ1) is 13.6. The summed E-state index contributed by atoms with van der Waals surface area (Å²) in [5.41, 5.74) is 0. The van der Waals surface area contributed by atoms with Crippen LogP contribution in [0.3, 0.4) is 0 Å². The van der Waals surface area contributed by atoms with E-state index in [2.05, 4.69) is 15.0 Å². The molecule has 0 aliphatic carbocycles. The monoisotopic (exact) mass is 430 g/mol. The van der Waals surface area contributed by atoms with Gasteiger partial charge in [-0.05, 0) is 38.8 Å². The summed E-state index contributed by atoms with van der Waals surface area (Å²) in [6.07, 6.45) is 4.15. The van der Waals surface area contributed by atoms with E-state index in [0.717, 1.165) is 52.1 Å². The van der Waals surface area contributed by atoms with Crippen LogP contribution in [0.5, 0.6) is 0 Å². The van der Waals surface area contributed by atoms with E-state index in [1.54, 1.807) is 4.90 Å². The SMILES string of the molecule is COC(=O)CCC(=O)N1CCC(C(=O)N2CCN(C3CCNCC3)CC2)CC1.Cl. The van der Waals surface area contributed by atoms with Crippen molar-refractivity contribution in [3.8, 4) is 0 Å². The fraction of sp³-hybridized carbons (Fsp3) is 0.850. The largest absolute Gasteiger partial charge is 0.469 e. The van der Waals surface area contributed by atoms with Gasteiger partial charge in [-0.15, -0.1) is 12.4 Å². The topological polar surface area (TPSA) is 82.2 Å². The third kappa shape index (κ3) is 6.55. The highest BCUT2D eigenvalue weighted by Gasteiger charge is 2.33. The summed E-state index contributed by atoms with van der Waals surface area (Å²) >= 11 is 0. The number of ether oxygens (including phenoxy) is 1. The summed E-state index contributed by atoms with van der Waals surface area (Å²) in [6, 6.07) is 0.665. The molecule has 3 fully saturated rings. The lowest BCUT2D eigenvalue weighted by Crippen LogP contribution is -2.55. The second-order valence-electron chi connectivity index (χ2n) is 8.07. The van der Waals surface area contributed by atoms with Crippen molar-refractivity contribution in [3.05, 3.63) is 0 Å². The standard InChI is InChI=1S/C20H34N4O4.ClH/c1-28-19(26)3-2-18(25)23-10-6-16(7-11-23)20(27)24-14-12-22(13-15-24)17-4-8-21-9-5-17;/h16-17,21H,2-15H2,1H3;1H. The average Bonchev–Trinajstić information content (AvgIpc) is 2.77. The molecule has 3 heterocycles. The summed E-state index contributed by atoms with van der Waals surface area (Å²) in [6.45, 7) is 6.99. The van der Waals surface area contributed by atoms with E-state index in [4.69, 9.17) is 0 Å². The zero-order valence-electron chi connectivity index (χ0n) is 17.4. The molecule has 1 N–H and O–H groups in total.